The number of nitrogens with two attached hydrogens (primary N) is 1. The minimum atomic E-state index is -0.290. The highest BCUT2D eigenvalue weighted by atomic mass is 35.5. The molecule has 1 aliphatic rings. The Kier molecular flexibility index (Phi) is 6.77. The summed E-state index contributed by atoms with van der Waals surface area (Å²) in [6.45, 7) is 7.09. The van der Waals surface area contributed by atoms with E-state index in [2.05, 4.69) is 10.2 Å². The van der Waals surface area contributed by atoms with Crippen molar-refractivity contribution in [1.82, 2.24) is 19.5 Å². The highest BCUT2D eigenvalue weighted by Crippen LogP contribution is 2.29. The number of fused-ring (bicyclic) bond motifs is 1. The number of amides is 2. The highest BCUT2D eigenvalue weighted by molar-refractivity contribution is 6.31. The minimum absolute atomic E-state index is 0.163. The molecule has 2 aromatic heterocycles. The van der Waals surface area contributed by atoms with Gasteiger partial charge in [-0.05, 0) is 38.0 Å². The largest absolute Gasteiger partial charge is 0.355 e. The molecule has 1 aromatic carbocycles. The number of benzene rings is 1. The van der Waals surface area contributed by atoms with Crippen LogP contribution in [0.25, 0.3) is 5.65 Å². The van der Waals surface area contributed by atoms with Crippen LogP contribution in [0.4, 0.5) is 11.5 Å². The number of halogens is 1. The molecule has 0 radical (unpaired) electrons. The summed E-state index contributed by atoms with van der Waals surface area (Å²) in [5, 5.41) is 7.86. The summed E-state index contributed by atoms with van der Waals surface area (Å²) in [6.07, 6.45) is 3.56. The van der Waals surface area contributed by atoms with Gasteiger partial charge in [0.15, 0.2) is 5.65 Å². The number of aryl methyl sites for hydroxylation is 1. The second-order valence-corrected chi connectivity index (χ2v) is 9.26. The van der Waals surface area contributed by atoms with Gasteiger partial charge in [0, 0.05) is 56.0 Å². The SMILES string of the molecule is CC[C@@H](c1cc2nc(N3CC[C@H](N)C3)c(C)cn2n1)N(C)C(=O)c1cc(Cl)ccc1NC(C)=O. The van der Waals surface area contributed by atoms with Crippen molar-refractivity contribution < 1.29 is 9.59 Å². The van der Waals surface area contributed by atoms with E-state index >= 15 is 0 Å². The lowest BCUT2D eigenvalue weighted by Gasteiger charge is -2.27. The zero-order valence-electron chi connectivity index (χ0n) is 19.9. The fourth-order valence-corrected chi connectivity index (χ4v) is 4.66. The van der Waals surface area contributed by atoms with Crippen molar-refractivity contribution in [2.45, 2.75) is 45.7 Å². The summed E-state index contributed by atoms with van der Waals surface area (Å²) < 4.78 is 1.76. The third-order valence-electron chi connectivity index (χ3n) is 6.19. The van der Waals surface area contributed by atoms with Gasteiger partial charge in [-0.25, -0.2) is 9.50 Å². The topological polar surface area (TPSA) is 109 Å². The molecule has 9 nitrogen and oxygen atoms in total. The van der Waals surface area contributed by atoms with Gasteiger partial charge < -0.3 is 20.9 Å². The Morgan fingerprint density at radius 3 is 2.76 bits per heavy atom. The van der Waals surface area contributed by atoms with E-state index in [0.717, 1.165) is 42.2 Å². The van der Waals surface area contributed by atoms with Crippen LogP contribution in [-0.2, 0) is 4.79 Å². The quantitative estimate of drug-likeness (QED) is 0.556. The molecule has 4 rings (SSSR count). The van der Waals surface area contributed by atoms with Crippen LogP contribution in [0.15, 0.2) is 30.5 Å². The van der Waals surface area contributed by atoms with E-state index in [1.165, 1.54) is 6.92 Å². The van der Waals surface area contributed by atoms with Crippen LogP contribution in [0.5, 0.6) is 0 Å². The van der Waals surface area contributed by atoms with Crippen molar-refractivity contribution in [3.63, 3.8) is 0 Å². The van der Waals surface area contributed by atoms with Crippen LogP contribution in [0.1, 0.15) is 54.3 Å². The molecule has 3 heterocycles. The molecule has 3 N–H and O–H groups in total. The Bertz CT molecular complexity index is 1240. The van der Waals surface area contributed by atoms with Gasteiger partial charge in [0.1, 0.15) is 5.82 Å². The maximum absolute atomic E-state index is 13.4. The molecule has 2 atom stereocenters. The molecule has 1 saturated heterocycles. The average molecular weight is 484 g/mol. The summed E-state index contributed by atoms with van der Waals surface area (Å²) in [6, 6.07) is 6.64. The number of anilines is 2. The van der Waals surface area contributed by atoms with Crippen LogP contribution in [0, 0.1) is 6.92 Å². The highest BCUT2D eigenvalue weighted by Gasteiger charge is 2.27. The van der Waals surface area contributed by atoms with Gasteiger partial charge >= 0.3 is 0 Å². The normalized spacial score (nSPS) is 16.6. The maximum atomic E-state index is 13.4. The fraction of sp³-hybridized carbons (Fsp3) is 0.417. The van der Waals surface area contributed by atoms with Gasteiger partial charge in [0.2, 0.25) is 5.91 Å². The van der Waals surface area contributed by atoms with Crippen molar-refractivity contribution >= 4 is 40.6 Å². The number of aromatic nitrogens is 3. The van der Waals surface area contributed by atoms with Crippen LogP contribution in [0.3, 0.4) is 0 Å². The lowest BCUT2D eigenvalue weighted by atomic mass is 10.1. The lowest BCUT2D eigenvalue weighted by molar-refractivity contribution is -0.114. The molecule has 2 amide bonds. The predicted octanol–water partition coefficient (Wildman–Crippen LogP) is 3.41. The van der Waals surface area contributed by atoms with Crippen molar-refractivity contribution in [2.75, 3.05) is 30.4 Å². The standard InChI is InChI=1S/C24H30ClN7O2/c1-5-21(30(4)24(34)18-10-16(25)6-7-19(18)27-15(3)33)20-11-22-28-23(14(2)12-32(22)29-20)31-9-8-17(26)13-31/h6-7,10-12,17,21H,5,8-9,13,26H2,1-4H3,(H,27,33)/t17-,21-/m0/s1. The number of carbonyl (C=O) groups excluding carboxylic acids is 2. The second-order valence-electron chi connectivity index (χ2n) is 8.83. The first-order valence-corrected chi connectivity index (χ1v) is 11.8. The predicted molar refractivity (Wildman–Crippen MR) is 133 cm³/mol. The average Bonchev–Trinajstić information content (AvgIpc) is 3.39. The van der Waals surface area contributed by atoms with Crippen molar-refractivity contribution in [3.05, 3.63) is 52.3 Å². The molecule has 1 fully saturated rings. The molecule has 0 aliphatic carbocycles. The van der Waals surface area contributed by atoms with E-state index in [1.807, 2.05) is 26.1 Å². The van der Waals surface area contributed by atoms with Gasteiger partial charge in [0.25, 0.3) is 5.91 Å². The molecule has 10 heteroatoms. The van der Waals surface area contributed by atoms with E-state index in [9.17, 15) is 9.59 Å². The van der Waals surface area contributed by atoms with Crippen molar-refractivity contribution in [3.8, 4) is 0 Å². The summed E-state index contributed by atoms with van der Waals surface area (Å²) in [5.74, 6) is 0.400. The summed E-state index contributed by atoms with van der Waals surface area (Å²) in [4.78, 5) is 33.8. The van der Waals surface area contributed by atoms with E-state index in [4.69, 9.17) is 27.4 Å². The van der Waals surface area contributed by atoms with Crippen LogP contribution >= 0.6 is 11.6 Å². The molecule has 0 saturated carbocycles. The maximum Gasteiger partial charge on any atom is 0.256 e. The third-order valence-corrected chi connectivity index (χ3v) is 6.42. The van der Waals surface area contributed by atoms with Crippen molar-refractivity contribution in [2.24, 2.45) is 5.73 Å². The smallest absolute Gasteiger partial charge is 0.256 e. The number of carbonyl (C=O) groups is 2. The Hall–Kier alpha value is -3.17. The van der Waals surface area contributed by atoms with E-state index in [0.29, 0.717) is 22.7 Å². The molecule has 0 unspecified atom stereocenters. The molecule has 34 heavy (non-hydrogen) atoms. The number of nitrogens with zero attached hydrogens (tertiary/aromatic N) is 5. The number of rotatable bonds is 6. The molecule has 0 bridgehead atoms. The molecule has 180 valence electrons. The van der Waals surface area contributed by atoms with E-state index in [1.54, 1.807) is 34.7 Å². The Balaban J connectivity index is 1.65. The number of hydrogen-bond donors (Lipinski definition) is 2. The van der Waals surface area contributed by atoms with Crippen molar-refractivity contribution in [1.29, 1.82) is 0 Å². The first-order chi connectivity index (χ1) is 16.2. The summed E-state index contributed by atoms with van der Waals surface area (Å²) in [5.41, 5.74) is 9.32. The molecular formula is C24H30ClN7O2. The third kappa shape index (κ3) is 4.71. The Morgan fingerprint density at radius 1 is 1.35 bits per heavy atom. The second kappa shape index (κ2) is 9.60. The first-order valence-electron chi connectivity index (χ1n) is 11.4. The van der Waals surface area contributed by atoms with Gasteiger partial charge in [-0.15, -0.1) is 0 Å². The summed E-state index contributed by atoms with van der Waals surface area (Å²) in [7, 11) is 1.73. The van der Waals surface area contributed by atoms with Crippen LogP contribution < -0.4 is 16.0 Å². The zero-order chi connectivity index (χ0) is 24.6. The molecular weight excluding hydrogens is 454 g/mol. The van der Waals surface area contributed by atoms with Gasteiger partial charge in [0.05, 0.1) is 23.0 Å². The van der Waals surface area contributed by atoms with Gasteiger partial charge in [-0.1, -0.05) is 18.5 Å². The first kappa shape index (κ1) is 24.0. The monoisotopic (exact) mass is 483 g/mol. The fourth-order valence-electron chi connectivity index (χ4n) is 4.49. The van der Waals surface area contributed by atoms with Crippen LogP contribution in [-0.4, -0.2) is 57.5 Å². The number of hydrogen-bond acceptors (Lipinski definition) is 6. The summed E-state index contributed by atoms with van der Waals surface area (Å²) >= 11 is 6.16. The van der Waals surface area contributed by atoms with Gasteiger partial charge in [-0.2, -0.15) is 5.10 Å². The molecule has 3 aromatic rings. The van der Waals surface area contributed by atoms with Crippen LogP contribution in [0.2, 0.25) is 5.02 Å². The van der Waals surface area contributed by atoms with E-state index < -0.39 is 0 Å². The molecule has 1 aliphatic heterocycles. The molecule has 0 spiro atoms. The lowest BCUT2D eigenvalue weighted by Crippen LogP contribution is -2.32. The minimum Gasteiger partial charge on any atom is -0.355 e. The Labute approximate surface area is 203 Å². The number of nitrogens with one attached hydrogen (secondary N) is 1. The van der Waals surface area contributed by atoms with E-state index in [-0.39, 0.29) is 23.9 Å². The zero-order valence-corrected chi connectivity index (χ0v) is 20.6. The Morgan fingerprint density at radius 2 is 2.12 bits per heavy atom. The van der Waals surface area contributed by atoms with Gasteiger partial charge in [-0.3, -0.25) is 9.59 Å².